The highest BCUT2D eigenvalue weighted by atomic mass is 32.1. The molecule has 0 fully saturated rings. The van der Waals surface area contributed by atoms with Crippen LogP contribution in [0.3, 0.4) is 0 Å². The molecular weight excluding hydrogens is 194 g/mol. The van der Waals surface area contributed by atoms with Gasteiger partial charge in [-0.15, -0.1) is 0 Å². The first-order chi connectivity index (χ1) is 6.65. The van der Waals surface area contributed by atoms with Crippen LogP contribution in [0.2, 0.25) is 0 Å². The Balaban J connectivity index is 2.46. The van der Waals surface area contributed by atoms with Crippen LogP contribution in [0.4, 0.5) is 5.13 Å². The van der Waals surface area contributed by atoms with E-state index in [1.165, 1.54) is 5.56 Å². The van der Waals surface area contributed by atoms with E-state index in [1.54, 1.807) is 11.3 Å². The summed E-state index contributed by atoms with van der Waals surface area (Å²) in [5.74, 6) is 0.417. The van der Waals surface area contributed by atoms with E-state index < -0.39 is 0 Å². The van der Waals surface area contributed by atoms with E-state index in [9.17, 15) is 0 Å². The van der Waals surface area contributed by atoms with Gasteiger partial charge in [-0.2, -0.15) is 0 Å². The van der Waals surface area contributed by atoms with Crippen molar-refractivity contribution in [2.45, 2.75) is 6.92 Å². The average molecular weight is 205 g/mol. The van der Waals surface area contributed by atoms with Gasteiger partial charge in [0.2, 0.25) is 0 Å². The number of anilines is 1. The van der Waals surface area contributed by atoms with E-state index in [4.69, 9.17) is 5.73 Å². The van der Waals surface area contributed by atoms with Gasteiger partial charge < -0.3 is 11.1 Å². The maximum absolute atomic E-state index is 5.44. The molecule has 0 aliphatic carbocycles. The van der Waals surface area contributed by atoms with Crippen molar-refractivity contribution in [3.8, 4) is 0 Å². The summed E-state index contributed by atoms with van der Waals surface area (Å²) in [4.78, 5) is 4.36. The number of hydrogen-bond donors (Lipinski definition) is 2. The second-order valence-electron chi connectivity index (χ2n) is 3.14. The zero-order valence-electron chi connectivity index (χ0n) is 7.87. The van der Waals surface area contributed by atoms with Gasteiger partial charge in [0, 0.05) is 0 Å². The summed E-state index contributed by atoms with van der Waals surface area (Å²) in [6.45, 7) is 5.64. The number of rotatable bonds is 2. The lowest BCUT2D eigenvalue weighted by atomic mass is 10.2. The van der Waals surface area contributed by atoms with Crippen LogP contribution in [-0.2, 0) is 0 Å². The maximum atomic E-state index is 5.44. The minimum absolute atomic E-state index is 0.417. The molecule has 3 N–H and O–H groups in total. The van der Waals surface area contributed by atoms with Crippen LogP contribution >= 0.6 is 11.3 Å². The van der Waals surface area contributed by atoms with Crippen LogP contribution in [-0.4, -0.2) is 4.98 Å². The summed E-state index contributed by atoms with van der Waals surface area (Å²) in [5, 5.41) is 3.69. The molecule has 2 aromatic rings. The molecule has 0 radical (unpaired) electrons. The van der Waals surface area contributed by atoms with E-state index in [0.717, 1.165) is 15.3 Å². The smallest absolute Gasteiger partial charge is 0.189 e. The van der Waals surface area contributed by atoms with E-state index >= 15 is 0 Å². The van der Waals surface area contributed by atoms with Crippen LogP contribution in [0.25, 0.3) is 10.2 Å². The molecule has 0 unspecified atom stereocenters. The number of thiazole rings is 1. The third-order valence-corrected chi connectivity index (χ3v) is 2.75. The molecule has 0 aliphatic rings. The zero-order valence-corrected chi connectivity index (χ0v) is 8.69. The fourth-order valence-corrected chi connectivity index (χ4v) is 2.22. The Kier molecular flexibility index (Phi) is 2.13. The average Bonchev–Trinajstić information content (AvgIpc) is 2.44. The van der Waals surface area contributed by atoms with Gasteiger partial charge in [-0.05, 0) is 24.6 Å². The summed E-state index contributed by atoms with van der Waals surface area (Å²) in [6.07, 6.45) is 0. The lowest BCUT2D eigenvalue weighted by molar-refractivity contribution is 1.30. The van der Waals surface area contributed by atoms with Crippen LogP contribution in [0, 0.1) is 6.92 Å². The molecule has 0 aliphatic heterocycles. The minimum atomic E-state index is 0.417. The number of nitrogens with two attached hydrogens (primary N) is 1. The number of benzene rings is 1. The summed E-state index contributed by atoms with van der Waals surface area (Å²) in [6, 6.07) is 6.16. The van der Waals surface area contributed by atoms with Gasteiger partial charge in [0.1, 0.15) is 0 Å². The highest BCUT2D eigenvalue weighted by molar-refractivity contribution is 7.22. The lowest BCUT2D eigenvalue weighted by Gasteiger charge is -1.96. The fourth-order valence-electron chi connectivity index (χ4n) is 1.22. The SMILES string of the molecule is C=C(N)Nc1nc2ccc(C)cc2s1. The van der Waals surface area contributed by atoms with Crippen LogP contribution < -0.4 is 11.1 Å². The normalized spacial score (nSPS) is 10.4. The molecule has 2 rings (SSSR count). The molecule has 0 saturated heterocycles. The second-order valence-corrected chi connectivity index (χ2v) is 4.17. The quantitative estimate of drug-likeness (QED) is 0.791. The molecule has 14 heavy (non-hydrogen) atoms. The van der Waals surface area contributed by atoms with Gasteiger partial charge in [-0.1, -0.05) is 24.0 Å². The number of aromatic nitrogens is 1. The summed E-state index contributed by atoms with van der Waals surface area (Å²) >= 11 is 1.58. The highest BCUT2D eigenvalue weighted by Gasteiger charge is 2.02. The largest absolute Gasteiger partial charge is 0.386 e. The van der Waals surface area contributed by atoms with Gasteiger partial charge in [-0.3, -0.25) is 0 Å². The first-order valence-corrected chi connectivity index (χ1v) is 5.05. The van der Waals surface area contributed by atoms with Crippen LogP contribution in [0.5, 0.6) is 0 Å². The molecular formula is C10H11N3S. The van der Waals surface area contributed by atoms with Crippen molar-refractivity contribution >= 4 is 26.7 Å². The van der Waals surface area contributed by atoms with Crippen molar-refractivity contribution in [3.05, 3.63) is 36.2 Å². The monoisotopic (exact) mass is 205 g/mol. The number of nitrogens with zero attached hydrogens (tertiary/aromatic N) is 1. The zero-order chi connectivity index (χ0) is 10.1. The van der Waals surface area contributed by atoms with Crippen molar-refractivity contribution < 1.29 is 0 Å². The molecule has 4 heteroatoms. The molecule has 72 valence electrons. The molecule has 0 amide bonds. The lowest BCUT2D eigenvalue weighted by Crippen LogP contribution is -2.06. The van der Waals surface area contributed by atoms with Crippen molar-refractivity contribution in [2.24, 2.45) is 5.73 Å². The topological polar surface area (TPSA) is 50.9 Å². The predicted octanol–water partition coefficient (Wildman–Crippen LogP) is 2.45. The second kappa shape index (κ2) is 3.31. The predicted molar refractivity (Wildman–Crippen MR) is 61.3 cm³/mol. The van der Waals surface area contributed by atoms with E-state index in [1.807, 2.05) is 12.1 Å². The third-order valence-electron chi connectivity index (χ3n) is 1.81. The van der Waals surface area contributed by atoms with Gasteiger partial charge in [0.15, 0.2) is 5.13 Å². The van der Waals surface area contributed by atoms with Gasteiger partial charge in [-0.25, -0.2) is 4.98 Å². The highest BCUT2D eigenvalue weighted by Crippen LogP contribution is 2.26. The van der Waals surface area contributed by atoms with Crippen molar-refractivity contribution in [1.82, 2.24) is 4.98 Å². The molecule has 1 heterocycles. The molecule has 3 nitrogen and oxygen atoms in total. The van der Waals surface area contributed by atoms with Crippen LogP contribution in [0.1, 0.15) is 5.56 Å². The Morgan fingerprint density at radius 1 is 1.57 bits per heavy atom. The molecule has 1 aromatic heterocycles. The number of fused-ring (bicyclic) bond motifs is 1. The van der Waals surface area contributed by atoms with Crippen LogP contribution in [0.15, 0.2) is 30.6 Å². The molecule has 0 spiro atoms. The van der Waals surface area contributed by atoms with Crippen molar-refractivity contribution in [3.63, 3.8) is 0 Å². The Morgan fingerprint density at radius 2 is 2.36 bits per heavy atom. The van der Waals surface area contributed by atoms with Gasteiger partial charge in [0.25, 0.3) is 0 Å². The molecule has 0 bridgehead atoms. The summed E-state index contributed by atoms with van der Waals surface area (Å²) < 4.78 is 1.16. The Hall–Kier alpha value is -1.55. The first kappa shape index (κ1) is 9.02. The Bertz CT molecular complexity index is 487. The van der Waals surface area contributed by atoms with E-state index in [-0.39, 0.29) is 0 Å². The van der Waals surface area contributed by atoms with Crippen molar-refractivity contribution in [1.29, 1.82) is 0 Å². The number of aryl methyl sites for hydroxylation is 1. The summed E-state index contributed by atoms with van der Waals surface area (Å²) in [5.41, 5.74) is 7.66. The van der Waals surface area contributed by atoms with E-state index in [0.29, 0.717) is 5.82 Å². The molecule has 0 saturated carbocycles. The maximum Gasteiger partial charge on any atom is 0.189 e. The standard InChI is InChI=1S/C10H11N3S/c1-6-3-4-8-9(5-6)14-10(13-8)12-7(2)11/h3-5H,2,11H2,1H3,(H,12,13). The van der Waals surface area contributed by atoms with Gasteiger partial charge in [0.05, 0.1) is 16.0 Å². The fraction of sp³-hybridized carbons (Fsp3) is 0.100. The molecule has 0 atom stereocenters. The van der Waals surface area contributed by atoms with Gasteiger partial charge >= 0.3 is 0 Å². The Morgan fingerprint density at radius 3 is 3.07 bits per heavy atom. The Labute approximate surface area is 86.3 Å². The molecule has 1 aromatic carbocycles. The summed E-state index contributed by atoms with van der Waals surface area (Å²) in [7, 11) is 0. The van der Waals surface area contributed by atoms with E-state index in [2.05, 4.69) is 29.9 Å². The minimum Gasteiger partial charge on any atom is -0.386 e. The third kappa shape index (κ3) is 1.70. The first-order valence-electron chi connectivity index (χ1n) is 4.24. The van der Waals surface area contributed by atoms with Crippen molar-refractivity contribution in [2.75, 3.05) is 5.32 Å². The number of nitrogens with one attached hydrogen (secondary N) is 1. The number of hydrogen-bond acceptors (Lipinski definition) is 4.